The molecule has 0 spiro atoms. The lowest BCUT2D eigenvalue weighted by atomic mass is 10.0. The van der Waals surface area contributed by atoms with E-state index >= 15 is 0 Å². The fraction of sp³-hybridized carbons (Fsp3) is 0.432. The summed E-state index contributed by atoms with van der Waals surface area (Å²) in [7, 11) is 1.60. The van der Waals surface area contributed by atoms with Gasteiger partial charge in [-0.15, -0.1) is 11.3 Å². The van der Waals surface area contributed by atoms with Crippen LogP contribution in [0, 0.1) is 5.92 Å². The summed E-state index contributed by atoms with van der Waals surface area (Å²) in [6.45, 7) is 5.06. The number of amides is 3. The average Bonchev–Trinajstić information content (AvgIpc) is 3.84. The molecule has 3 atom stereocenters. The van der Waals surface area contributed by atoms with Crippen LogP contribution >= 0.6 is 11.3 Å². The maximum absolute atomic E-state index is 14.1. The molecule has 3 aromatic rings. The van der Waals surface area contributed by atoms with E-state index in [-0.39, 0.29) is 47.3 Å². The minimum atomic E-state index is -2.96. The van der Waals surface area contributed by atoms with Gasteiger partial charge in [-0.25, -0.2) is 4.79 Å². The molecule has 0 radical (unpaired) electrons. The molecule has 14 heteroatoms. The van der Waals surface area contributed by atoms with Gasteiger partial charge in [0.2, 0.25) is 11.8 Å². The van der Waals surface area contributed by atoms with Crippen LogP contribution in [0.3, 0.4) is 0 Å². The van der Waals surface area contributed by atoms with E-state index in [0.717, 1.165) is 30.6 Å². The van der Waals surface area contributed by atoms with Crippen molar-refractivity contribution in [2.24, 2.45) is 22.4 Å². The van der Waals surface area contributed by atoms with Crippen LogP contribution in [0.4, 0.5) is 13.6 Å². The Bertz CT molecular complexity index is 1730. The van der Waals surface area contributed by atoms with E-state index in [4.69, 9.17) is 20.9 Å². The highest BCUT2D eigenvalue weighted by Gasteiger charge is 2.44. The number of hydrogen-bond donors (Lipinski definition) is 3. The number of fused-ring (bicyclic) bond motifs is 3. The number of halogens is 2. The standard InChI is InChI=1S/C23H37N5O5S.C14H8F2O/c1-4-5-6-7-8-33-23(31)27-21(25)17-10-19(34-14-17)15(2)26-22(30)18-9-16(13-32-3)12-28(18)20(29)11-24;15-14(16)12-4-2-1-3-10(12)11-7-9(8-17)5-6-13(11)14/h10,14-16,18H,4-9,11-13,24H2,1-3H3,(H,26,30)(H2,25,27,31);1-8H/t15-,16?,18?;/m1./s1. The first-order chi connectivity index (χ1) is 24.4. The van der Waals surface area contributed by atoms with Crippen LogP contribution in [0.15, 0.2) is 58.9 Å². The number of amidine groups is 1. The molecule has 2 aliphatic rings. The Kier molecular flexibility index (Phi) is 13.9. The SMILES string of the molecule is CCCCCCOC(=O)/N=C(/N)c1csc([C@@H](C)NC(=O)C2CC(COC)CN2C(=O)CN)c1.O=Cc1ccc2c(c1)-c1ccccc1C2(F)F. The summed E-state index contributed by atoms with van der Waals surface area (Å²) in [6.07, 6.45) is 4.50. The van der Waals surface area contributed by atoms with Crippen LogP contribution in [0.1, 0.15) is 83.9 Å². The molecular formula is C37H45F2N5O6S. The Morgan fingerprint density at radius 2 is 1.86 bits per heavy atom. The number of alkyl halides is 2. The fourth-order valence-corrected chi connectivity index (χ4v) is 7.08. The van der Waals surface area contributed by atoms with Crippen molar-refractivity contribution in [3.05, 3.63) is 81.0 Å². The van der Waals surface area contributed by atoms with Gasteiger partial charge in [0.25, 0.3) is 5.92 Å². The van der Waals surface area contributed by atoms with Crippen LogP contribution in [0.5, 0.6) is 0 Å². The second-order valence-corrected chi connectivity index (χ2v) is 13.4. The van der Waals surface area contributed by atoms with Gasteiger partial charge < -0.3 is 31.2 Å². The van der Waals surface area contributed by atoms with Gasteiger partial charge >= 0.3 is 6.09 Å². The Morgan fingerprint density at radius 3 is 2.57 bits per heavy atom. The van der Waals surface area contributed by atoms with Crippen molar-refractivity contribution in [1.29, 1.82) is 0 Å². The minimum absolute atomic E-state index is 0.0121. The van der Waals surface area contributed by atoms with Gasteiger partial charge in [-0.1, -0.05) is 62.6 Å². The van der Waals surface area contributed by atoms with E-state index in [1.165, 1.54) is 40.5 Å². The van der Waals surface area contributed by atoms with E-state index in [9.17, 15) is 28.0 Å². The number of ether oxygens (including phenoxy) is 2. The van der Waals surface area contributed by atoms with Gasteiger partial charge in [0.15, 0.2) is 0 Å². The Labute approximate surface area is 300 Å². The number of nitrogens with zero attached hydrogens (tertiary/aromatic N) is 2. The first kappa shape index (κ1) is 39.3. The number of thiophene rings is 1. The highest BCUT2D eigenvalue weighted by molar-refractivity contribution is 7.10. The normalized spacial score (nSPS) is 17.8. The summed E-state index contributed by atoms with van der Waals surface area (Å²) in [5, 5.41) is 4.75. The molecule has 1 fully saturated rings. The van der Waals surface area contributed by atoms with E-state index in [2.05, 4.69) is 17.2 Å². The lowest BCUT2D eigenvalue weighted by molar-refractivity contribution is -0.137. The van der Waals surface area contributed by atoms with Crippen molar-refractivity contribution in [3.8, 4) is 11.1 Å². The topological polar surface area (TPSA) is 166 Å². The first-order valence-electron chi connectivity index (χ1n) is 16.9. The Morgan fingerprint density at radius 1 is 1.12 bits per heavy atom. The quantitative estimate of drug-likeness (QED) is 0.0862. The van der Waals surface area contributed by atoms with Gasteiger partial charge in [-0.2, -0.15) is 13.8 Å². The van der Waals surface area contributed by atoms with Gasteiger partial charge in [-0.05, 0) is 43.0 Å². The molecule has 51 heavy (non-hydrogen) atoms. The van der Waals surface area contributed by atoms with E-state index in [1.807, 2.05) is 6.92 Å². The number of nitrogens with two attached hydrogens (primary N) is 2. The second kappa shape index (κ2) is 18.1. The Hall–Kier alpha value is -4.53. The maximum Gasteiger partial charge on any atom is 0.435 e. The van der Waals surface area contributed by atoms with Gasteiger partial charge in [0.05, 0.1) is 25.8 Å². The highest BCUT2D eigenvalue weighted by Crippen LogP contribution is 2.50. The maximum atomic E-state index is 14.1. The third-order valence-electron chi connectivity index (χ3n) is 8.80. The third kappa shape index (κ3) is 9.63. The Balaban J connectivity index is 0.000000283. The number of rotatable bonds is 13. The van der Waals surface area contributed by atoms with Crippen molar-refractivity contribution >= 4 is 41.4 Å². The first-order valence-corrected chi connectivity index (χ1v) is 17.8. The van der Waals surface area contributed by atoms with Gasteiger partial charge in [0.1, 0.15) is 18.2 Å². The molecule has 5 rings (SSSR count). The summed E-state index contributed by atoms with van der Waals surface area (Å²) in [5.74, 6) is -3.31. The zero-order valence-electron chi connectivity index (χ0n) is 29.0. The molecule has 1 aromatic heterocycles. The molecule has 0 saturated carbocycles. The zero-order valence-corrected chi connectivity index (χ0v) is 29.8. The van der Waals surface area contributed by atoms with E-state index in [1.54, 1.807) is 36.8 Å². The predicted octanol–water partition coefficient (Wildman–Crippen LogP) is 5.79. The predicted molar refractivity (Wildman–Crippen MR) is 192 cm³/mol. The zero-order chi connectivity index (χ0) is 37.1. The molecule has 5 N–H and O–H groups in total. The summed E-state index contributed by atoms with van der Waals surface area (Å²) < 4.78 is 38.5. The van der Waals surface area contributed by atoms with Gasteiger partial charge in [0, 0.05) is 52.1 Å². The summed E-state index contributed by atoms with van der Waals surface area (Å²) in [6, 6.07) is 11.6. The van der Waals surface area contributed by atoms with E-state index in [0.29, 0.717) is 54.7 Å². The minimum Gasteiger partial charge on any atom is -0.448 e. The number of hydrogen-bond acceptors (Lipinski definition) is 8. The van der Waals surface area contributed by atoms with Crippen molar-refractivity contribution in [3.63, 3.8) is 0 Å². The highest BCUT2D eigenvalue weighted by atomic mass is 32.1. The summed E-state index contributed by atoms with van der Waals surface area (Å²) in [5.41, 5.74) is 13.5. The van der Waals surface area contributed by atoms with Crippen molar-refractivity contribution in [1.82, 2.24) is 10.2 Å². The number of nitrogens with one attached hydrogen (secondary N) is 1. The van der Waals surface area contributed by atoms with Crippen LogP contribution in [0.25, 0.3) is 11.1 Å². The van der Waals surface area contributed by atoms with Crippen molar-refractivity contribution < 1.29 is 37.4 Å². The lowest BCUT2D eigenvalue weighted by Crippen LogP contribution is -2.48. The number of carbonyl (C=O) groups is 4. The number of methoxy groups -OCH3 is 1. The van der Waals surface area contributed by atoms with Crippen LogP contribution in [0.2, 0.25) is 0 Å². The molecule has 2 heterocycles. The number of aliphatic imine (C=N–C) groups is 1. The smallest absolute Gasteiger partial charge is 0.435 e. The number of carbonyl (C=O) groups excluding carboxylic acids is 4. The van der Waals surface area contributed by atoms with Crippen LogP contribution in [-0.4, -0.2) is 74.4 Å². The number of aldehydes is 1. The van der Waals surface area contributed by atoms with Crippen molar-refractivity contribution in [2.75, 3.05) is 33.4 Å². The van der Waals surface area contributed by atoms with Crippen LogP contribution < -0.4 is 16.8 Å². The number of unbranched alkanes of at least 4 members (excludes halogenated alkanes) is 3. The molecule has 274 valence electrons. The largest absolute Gasteiger partial charge is 0.448 e. The molecule has 2 aromatic carbocycles. The van der Waals surface area contributed by atoms with Gasteiger partial charge in [-0.3, -0.25) is 14.4 Å². The number of likely N-dealkylation sites (tertiary alicyclic amines) is 1. The molecule has 0 bridgehead atoms. The molecule has 1 aliphatic carbocycles. The third-order valence-corrected chi connectivity index (χ3v) is 9.91. The average molecular weight is 726 g/mol. The molecule has 1 saturated heterocycles. The molecular weight excluding hydrogens is 680 g/mol. The molecule has 1 aliphatic heterocycles. The lowest BCUT2D eigenvalue weighted by Gasteiger charge is -2.24. The molecule has 11 nitrogen and oxygen atoms in total. The monoisotopic (exact) mass is 725 g/mol. The van der Waals surface area contributed by atoms with E-state index < -0.39 is 18.1 Å². The van der Waals surface area contributed by atoms with Crippen molar-refractivity contribution in [2.45, 2.75) is 64.0 Å². The molecule has 2 unspecified atom stereocenters. The molecule has 3 amide bonds. The fourth-order valence-electron chi connectivity index (χ4n) is 6.17. The summed E-state index contributed by atoms with van der Waals surface area (Å²) >= 11 is 1.40. The van der Waals surface area contributed by atoms with Crippen LogP contribution in [-0.2, 0) is 25.0 Å². The second-order valence-electron chi connectivity index (χ2n) is 12.5. The summed E-state index contributed by atoms with van der Waals surface area (Å²) in [4.78, 5) is 54.0. The number of benzene rings is 2.